The Labute approximate surface area is 147 Å². The van der Waals surface area contributed by atoms with E-state index >= 15 is 0 Å². The molecule has 0 amide bonds. The van der Waals surface area contributed by atoms with Crippen LogP contribution in [0.5, 0.6) is 0 Å². The Kier molecular flexibility index (Phi) is 4.02. The summed E-state index contributed by atoms with van der Waals surface area (Å²) in [6.45, 7) is 7.93. The highest BCUT2D eigenvalue weighted by molar-refractivity contribution is 6.09. The zero-order chi connectivity index (χ0) is 17.2. The van der Waals surface area contributed by atoms with Gasteiger partial charge in [-0.2, -0.15) is 0 Å². The molecule has 0 bridgehead atoms. The van der Waals surface area contributed by atoms with E-state index in [-0.39, 0.29) is 0 Å². The normalized spacial score (nSPS) is 15.6. The average molecular weight is 331 g/mol. The van der Waals surface area contributed by atoms with Crippen LogP contribution < -0.4 is 4.90 Å². The molecule has 4 heteroatoms. The molecule has 0 N–H and O–H groups in total. The van der Waals surface area contributed by atoms with E-state index in [9.17, 15) is 0 Å². The van der Waals surface area contributed by atoms with Gasteiger partial charge in [0.15, 0.2) is 0 Å². The zero-order valence-electron chi connectivity index (χ0n) is 14.4. The number of rotatable bonds is 5. The third-order valence-corrected chi connectivity index (χ3v) is 4.56. The number of aromatic nitrogens is 1. The topological polar surface area (TPSA) is 29.8 Å². The van der Waals surface area contributed by atoms with Crippen molar-refractivity contribution in [2.75, 3.05) is 18.1 Å². The molecule has 0 saturated carbocycles. The molecule has 2 aromatic carbocycles. The molecule has 0 unspecified atom stereocenters. The average Bonchev–Trinajstić information content (AvgIpc) is 3.24. The predicted molar refractivity (Wildman–Crippen MR) is 105 cm³/mol. The number of fused-ring (bicyclic) bond motifs is 3. The van der Waals surface area contributed by atoms with Crippen LogP contribution >= 0.6 is 0 Å². The third kappa shape index (κ3) is 2.70. The van der Waals surface area contributed by atoms with Gasteiger partial charge in [-0.3, -0.25) is 0 Å². The molecule has 4 nitrogen and oxygen atoms in total. The third-order valence-electron chi connectivity index (χ3n) is 4.56. The second-order valence-corrected chi connectivity index (χ2v) is 6.07. The lowest BCUT2D eigenvalue weighted by Crippen LogP contribution is -2.17. The lowest BCUT2D eigenvalue weighted by Gasteiger charge is -2.15. The number of para-hydroxylation sites is 1. The number of hydrogen-bond acceptors (Lipinski definition) is 3. The van der Waals surface area contributed by atoms with Crippen LogP contribution in [-0.2, 0) is 11.4 Å². The fourth-order valence-electron chi connectivity index (χ4n) is 3.43. The molecule has 2 heterocycles. The Hall–Kier alpha value is -3.01. The molecule has 3 aromatic rings. The highest BCUT2D eigenvalue weighted by Gasteiger charge is 2.15. The molecule has 126 valence electrons. The Balaban J connectivity index is 1.71. The van der Waals surface area contributed by atoms with Crippen LogP contribution in [0.2, 0.25) is 0 Å². The van der Waals surface area contributed by atoms with Crippen LogP contribution in [-0.4, -0.2) is 23.4 Å². The fourth-order valence-corrected chi connectivity index (χ4v) is 3.43. The van der Waals surface area contributed by atoms with Gasteiger partial charge in [0.25, 0.3) is 0 Å². The molecule has 1 aromatic heterocycles. The van der Waals surface area contributed by atoms with Crippen molar-refractivity contribution < 1.29 is 4.84 Å². The highest BCUT2D eigenvalue weighted by atomic mass is 16.6. The smallest absolute Gasteiger partial charge is 0.135 e. The standard InChI is InChI=1S/C21H21N3O/c1-3-13-25-22-16-11-12-23(15-16)17-9-10-21-19(14-17)18-7-5-6-8-20(18)24(21)4-2/h3,5-12,14H,1,4,13,15H2,2H3. The van der Waals surface area contributed by atoms with Crippen molar-refractivity contribution in [3.8, 4) is 0 Å². The first-order valence-corrected chi connectivity index (χ1v) is 8.57. The lowest BCUT2D eigenvalue weighted by atomic mass is 10.1. The van der Waals surface area contributed by atoms with E-state index in [0.717, 1.165) is 24.5 Å². The quantitative estimate of drug-likeness (QED) is 0.385. The number of anilines is 1. The molecule has 4 rings (SSSR count). The minimum Gasteiger partial charge on any atom is -0.391 e. The van der Waals surface area contributed by atoms with Gasteiger partial charge in [-0.25, -0.2) is 0 Å². The summed E-state index contributed by atoms with van der Waals surface area (Å²) in [4.78, 5) is 7.37. The number of hydrogen-bond donors (Lipinski definition) is 0. The van der Waals surface area contributed by atoms with E-state index in [1.165, 1.54) is 21.8 Å². The summed E-state index contributed by atoms with van der Waals surface area (Å²) >= 11 is 0. The van der Waals surface area contributed by atoms with Crippen LogP contribution in [0.4, 0.5) is 5.69 Å². The molecule has 0 fully saturated rings. The number of nitrogens with zero attached hydrogens (tertiary/aromatic N) is 3. The van der Waals surface area contributed by atoms with Crippen LogP contribution in [0.15, 0.2) is 72.6 Å². The van der Waals surface area contributed by atoms with Crippen molar-refractivity contribution in [1.82, 2.24) is 4.57 Å². The van der Waals surface area contributed by atoms with Gasteiger partial charge in [0.1, 0.15) is 12.3 Å². The summed E-state index contributed by atoms with van der Waals surface area (Å²) in [6.07, 6.45) is 5.73. The fraction of sp³-hybridized carbons (Fsp3) is 0.190. The molecule has 1 aliphatic heterocycles. The molecule has 25 heavy (non-hydrogen) atoms. The van der Waals surface area contributed by atoms with Gasteiger partial charge in [0.2, 0.25) is 0 Å². The molecule has 0 radical (unpaired) electrons. The van der Waals surface area contributed by atoms with E-state index in [1.807, 2.05) is 6.08 Å². The molecule has 0 atom stereocenters. The number of benzene rings is 2. The maximum absolute atomic E-state index is 5.19. The predicted octanol–water partition coefficient (Wildman–Crippen LogP) is 4.71. The van der Waals surface area contributed by atoms with Crippen LogP contribution in [0.25, 0.3) is 21.8 Å². The summed E-state index contributed by atoms with van der Waals surface area (Å²) in [7, 11) is 0. The van der Waals surface area contributed by atoms with Crippen molar-refractivity contribution in [2.45, 2.75) is 13.5 Å². The van der Waals surface area contributed by atoms with E-state index in [1.54, 1.807) is 6.08 Å². The van der Waals surface area contributed by atoms with Gasteiger partial charge < -0.3 is 14.3 Å². The Bertz CT molecular complexity index is 997. The van der Waals surface area contributed by atoms with Gasteiger partial charge in [-0.05, 0) is 37.3 Å². The zero-order valence-corrected chi connectivity index (χ0v) is 14.4. The van der Waals surface area contributed by atoms with Gasteiger partial charge in [-0.15, -0.1) is 0 Å². The first kappa shape index (κ1) is 15.5. The summed E-state index contributed by atoms with van der Waals surface area (Å²) in [5.74, 6) is 0. The minimum absolute atomic E-state index is 0.430. The summed E-state index contributed by atoms with van der Waals surface area (Å²) in [6, 6.07) is 15.2. The van der Waals surface area contributed by atoms with Gasteiger partial charge in [-0.1, -0.05) is 36.0 Å². The van der Waals surface area contributed by atoms with Crippen molar-refractivity contribution in [3.05, 3.63) is 67.4 Å². The molecule has 1 aliphatic rings. The van der Waals surface area contributed by atoms with Crippen LogP contribution in [0.3, 0.4) is 0 Å². The Morgan fingerprint density at radius 2 is 2.00 bits per heavy atom. The maximum Gasteiger partial charge on any atom is 0.135 e. The second-order valence-electron chi connectivity index (χ2n) is 6.07. The molecular weight excluding hydrogens is 310 g/mol. The van der Waals surface area contributed by atoms with Gasteiger partial charge in [0, 0.05) is 40.2 Å². The lowest BCUT2D eigenvalue weighted by molar-refractivity contribution is 0.175. The van der Waals surface area contributed by atoms with Crippen molar-refractivity contribution in [3.63, 3.8) is 0 Å². The van der Waals surface area contributed by atoms with Crippen LogP contribution in [0.1, 0.15) is 6.92 Å². The monoisotopic (exact) mass is 331 g/mol. The van der Waals surface area contributed by atoms with Crippen molar-refractivity contribution in [2.24, 2.45) is 5.16 Å². The van der Waals surface area contributed by atoms with E-state index in [2.05, 4.69) is 76.8 Å². The molecule has 0 saturated heterocycles. The van der Waals surface area contributed by atoms with Crippen molar-refractivity contribution >= 4 is 33.2 Å². The first-order chi connectivity index (χ1) is 12.3. The minimum atomic E-state index is 0.430. The first-order valence-electron chi connectivity index (χ1n) is 8.57. The maximum atomic E-state index is 5.19. The van der Waals surface area contributed by atoms with Gasteiger partial charge in [0.05, 0.1) is 6.54 Å². The highest BCUT2D eigenvalue weighted by Crippen LogP contribution is 2.32. The summed E-state index contributed by atoms with van der Waals surface area (Å²) < 4.78 is 2.37. The second kappa shape index (κ2) is 6.48. The Morgan fingerprint density at radius 3 is 2.84 bits per heavy atom. The van der Waals surface area contributed by atoms with Gasteiger partial charge >= 0.3 is 0 Å². The Morgan fingerprint density at radius 1 is 1.16 bits per heavy atom. The number of aryl methyl sites for hydroxylation is 1. The summed E-state index contributed by atoms with van der Waals surface area (Å²) in [5.41, 5.74) is 4.64. The van der Waals surface area contributed by atoms with E-state index in [0.29, 0.717) is 6.61 Å². The summed E-state index contributed by atoms with van der Waals surface area (Å²) in [5, 5.41) is 6.72. The van der Waals surface area contributed by atoms with E-state index in [4.69, 9.17) is 4.84 Å². The van der Waals surface area contributed by atoms with Crippen LogP contribution in [0, 0.1) is 0 Å². The molecule has 0 spiro atoms. The number of oxime groups is 1. The SMILES string of the molecule is C=CCON=C1C=CN(c2ccc3c(c2)c2ccccc2n3CC)C1. The molecular formula is C21H21N3O. The largest absolute Gasteiger partial charge is 0.391 e. The molecule has 0 aliphatic carbocycles. The van der Waals surface area contributed by atoms with Crippen molar-refractivity contribution in [1.29, 1.82) is 0 Å². The van der Waals surface area contributed by atoms with E-state index < -0.39 is 0 Å².